The molecule has 0 aliphatic carbocycles. The van der Waals surface area contributed by atoms with Crippen molar-refractivity contribution in [3.8, 4) is 10.4 Å². The van der Waals surface area contributed by atoms with Crippen molar-refractivity contribution in [3.63, 3.8) is 0 Å². The van der Waals surface area contributed by atoms with Crippen LogP contribution in [0, 0.1) is 20.8 Å². The third-order valence-electron chi connectivity index (χ3n) is 4.04. The van der Waals surface area contributed by atoms with Crippen molar-refractivity contribution < 1.29 is 4.42 Å². The van der Waals surface area contributed by atoms with Crippen LogP contribution in [0.4, 0.5) is 5.82 Å². The second-order valence-corrected chi connectivity index (χ2v) is 6.95. The maximum Gasteiger partial charge on any atom is 0.213 e. The van der Waals surface area contributed by atoms with E-state index in [1.54, 1.807) is 11.3 Å². The summed E-state index contributed by atoms with van der Waals surface area (Å²) in [6, 6.07) is 12.5. The number of oxazole rings is 1. The van der Waals surface area contributed by atoms with Gasteiger partial charge >= 0.3 is 0 Å². The molecule has 5 nitrogen and oxygen atoms in total. The van der Waals surface area contributed by atoms with Gasteiger partial charge in [0.25, 0.3) is 0 Å². The number of aryl methyl sites for hydroxylation is 3. The molecule has 0 fully saturated rings. The first-order valence-corrected chi connectivity index (χ1v) is 8.92. The third kappa shape index (κ3) is 3.13. The number of hydrogen-bond donors (Lipinski definition) is 1. The maximum absolute atomic E-state index is 5.64. The maximum atomic E-state index is 5.64. The van der Waals surface area contributed by atoms with E-state index in [4.69, 9.17) is 4.42 Å². The zero-order valence-electron chi connectivity index (χ0n) is 14.3. The Kier molecular flexibility index (Phi) is 3.97. The van der Waals surface area contributed by atoms with Gasteiger partial charge in [-0.2, -0.15) is 0 Å². The third-order valence-corrected chi connectivity index (χ3v) is 5.12. The molecule has 3 aromatic heterocycles. The molecule has 0 saturated heterocycles. The molecule has 0 aliphatic heterocycles. The van der Waals surface area contributed by atoms with Crippen molar-refractivity contribution in [2.24, 2.45) is 0 Å². The molecule has 0 amide bonds. The van der Waals surface area contributed by atoms with Crippen LogP contribution in [0.1, 0.15) is 23.2 Å². The molecule has 0 saturated carbocycles. The Hall–Kier alpha value is -2.73. The molecule has 0 atom stereocenters. The largest absolute Gasteiger partial charge is 0.444 e. The van der Waals surface area contributed by atoms with Crippen LogP contribution in [-0.2, 0) is 6.54 Å². The van der Waals surface area contributed by atoms with E-state index < -0.39 is 0 Å². The number of nitrogens with one attached hydrogen (secondary N) is 1. The van der Waals surface area contributed by atoms with E-state index in [-0.39, 0.29) is 0 Å². The van der Waals surface area contributed by atoms with Gasteiger partial charge < -0.3 is 9.73 Å². The van der Waals surface area contributed by atoms with E-state index >= 15 is 0 Å². The average molecular weight is 350 g/mol. The number of benzene rings is 1. The first-order valence-electron chi connectivity index (χ1n) is 8.10. The number of nitrogens with zero attached hydrogens (tertiary/aromatic N) is 3. The topological polar surface area (TPSA) is 63.8 Å². The quantitative estimate of drug-likeness (QED) is 0.568. The summed E-state index contributed by atoms with van der Waals surface area (Å²) < 4.78 is 5.64. The van der Waals surface area contributed by atoms with E-state index in [1.165, 1.54) is 10.4 Å². The van der Waals surface area contributed by atoms with Gasteiger partial charge in [-0.3, -0.25) is 0 Å². The molecule has 0 aliphatic rings. The number of thiophene rings is 1. The number of anilines is 1. The van der Waals surface area contributed by atoms with Crippen molar-refractivity contribution >= 4 is 27.4 Å². The SMILES string of the molecule is Cc1nc(NCc2nc(C)c(C)o2)c2cc(-c3ccccc3)sc2n1. The van der Waals surface area contributed by atoms with Crippen LogP contribution in [0.2, 0.25) is 0 Å². The van der Waals surface area contributed by atoms with Crippen molar-refractivity contribution in [2.75, 3.05) is 5.32 Å². The van der Waals surface area contributed by atoms with E-state index in [0.717, 1.165) is 33.3 Å². The fourth-order valence-corrected chi connectivity index (χ4v) is 3.76. The number of fused-ring (bicyclic) bond motifs is 1. The smallest absolute Gasteiger partial charge is 0.213 e. The molecule has 126 valence electrons. The van der Waals surface area contributed by atoms with Crippen molar-refractivity contribution in [1.29, 1.82) is 0 Å². The standard InChI is InChI=1S/C19H18N4OS/c1-11-12(2)24-17(21-11)10-20-18-15-9-16(14-7-5-4-6-8-14)25-19(15)23-13(3)22-18/h4-9H,10H2,1-3H3,(H,20,22,23). The molecule has 6 heteroatoms. The van der Waals surface area contributed by atoms with Gasteiger partial charge in [0, 0.05) is 4.88 Å². The van der Waals surface area contributed by atoms with Crippen molar-refractivity contribution in [2.45, 2.75) is 27.3 Å². The number of rotatable bonds is 4. The minimum absolute atomic E-state index is 0.497. The molecular formula is C19H18N4OS. The number of aromatic nitrogens is 3. The van der Waals surface area contributed by atoms with Crippen LogP contribution in [0.15, 0.2) is 40.8 Å². The van der Waals surface area contributed by atoms with Gasteiger partial charge in [0.2, 0.25) is 5.89 Å². The summed E-state index contributed by atoms with van der Waals surface area (Å²) in [4.78, 5) is 15.7. The first-order chi connectivity index (χ1) is 12.1. The highest BCUT2D eigenvalue weighted by Gasteiger charge is 2.13. The lowest BCUT2D eigenvalue weighted by molar-refractivity contribution is 0.478. The summed E-state index contributed by atoms with van der Waals surface area (Å²) in [5.41, 5.74) is 2.11. The summed E-state index contributed by atoms with van der Waals surface area (Å²) in [5.74, 6) is 3.08. The summed E-state index contributed by atoms with van der Waals surface area (Å²) in [7, 11) is 0. The zero-order chi connectivity index (χ0) is 17.4. The van der Waals surface area contributed by atoms with Crippen molar-refractivity contribution in [3.05, 3.63) is 59.6 Å². The van der Waals surface area contributed by atoms with E-state index in [2.05, 4.69) is 38.5 Å². The van der Waals surface area contributed by atoms with Gasteiger partial charge in [-0.25, -0.2) is 15.0 Å². The van der Waals surface area contributed by atoms with Gasteiger partial charge in [-0.15, -0.1) is 11.3 Å². The summed E-state index contributed by atoms with van der Waals surface area (Å²) in [6.45, 7) is 6.27. The second kappa shape index (κ2) is 6.29. The molecule has 4 aromatic rings. The summed E-state index contributed by atoms with van der Waals surface area (Å²) >= 11 is 1.68. The molecule has 1 aromatic carbocycles. The molecule has 4 rings (SSSR count). The predicted octanol–water partition coefficient (Wildman–Crippen LogP) is 4.88. The molecule has 0 spiro atoms. The van der Waals surface area contributed by atoms with Gasteiger partial charge in [0.1, 0.15) is 22.2 Å². The molecule has 1 N–H and O–H groups in total. The normalized spacial score (nSPS) is 11.2. The second-order valence-electron chi connectivity index (χ2n) is 5.92. The van der Waals surface area contributed by atoms with Gasteiger partial charge in [0.15, 0.2) is 0 Å². The Morgan fingerprint density at radius 2 is 1.84 bits per heavy atom. The van der Waals surface area contributed by atoms with E-state index in [0.29, 0.717) is 12.4 Å². The Balaban J connectivity index is 1.69. The lowest BCUT2D eigenvalue weighted by atomic mass is 10.2. The lowest BCUT2D eigenvalue weighted by Gasteiger charge is -2.05. The molecule has 0 radical (unpaired) electrons. The van der Waals surface area contributed by atoms with Crippen LogP contribution in [0.25, 0.3) is 20.7 Å². The van der Waals surface area contributed by atoms with Crippen molar-refractivity contribution in [1.82, 2.24) is 15.0 Å². The van der Waals surface area contributed by atoms with Gasteiger partial charge in [-0.1, -0.05) is 30.3 Å². The first kappa shape index (κ1) is 15.8. The highest BCUT2D eigenvalue weighted by atomic mass is 32.1. The average Bonchev–Trinajstić information content (AvgIpc) is 3.17. The Morgan fingerprint density at radius 1 is 1.04 bits per heavy atom. The molecule has 3 heterocycles. The summed E-state index contributed by atoms with van der Waals surface area (Å²) in [5, 5.41) is 4.37. The van der Waals surface area contributed by atoms with Crippen LogP contribution >= 0.6 is 11.3 Å². The minimum atomic E-state index is 0.497. The Bertz CT molecular complexity index is 1020. The van der Waals surface area contributed by atoms with E-state index in [1.807, 2.05) is 39.0 Å². The fourth-order valence-electron chi connectivity index (χ4n) is 2.68. The van der Waals surface area contributed by atoms with Crippen LogP contribution in [0.5, 0.6) is 0 Å². The van der Waals surface area contributed by atoms with Gasteiger partial charge in [-0.05, 0) is 32.4 Å². The molecule has 25 heavy (non-hydrogen) atoms. The lowest BCUT2D eigenvalue weighted by Crippen LogP contribution is -2.03. The molecule has 0 bridgehead atoms. The highest BCUT2D eigenvalue weighted by Crippen LogP contribution is 2.35. The summed E-state index contributed by atoms with van der Waals surface area (Å²) in [6.07, 6.45) is 0. The van der Waals surface area contributed by atoms with Crippen LogP contribution < -0.4 is 5.32 Å². The predicted molar refractivity (Wildman–Crippen MR) is 101 cm³/mol. The Labute approximate surface area is 149 Å². The fraction of sp³-hybridized carbons (Fsp3) is 0.211. The van der Waals surface area contributed by atoms with Crippen LogP contribution in [0.3, 0.4) is 0 Å². The molecular weight excluding hydrogens is 332 g/mol. The monoisotopic (exact) mass is 350 g/mol. The Morgan fingerprint density at radius 3 is 2.56 bits per heavy atom. The van der Waals surface area contributed by atoms with E-state index in [9.17, 15) is 0 Å². The number of hydrogen-bond acceptors (Lipinski definition) is 6. The van der Waals surface area contributed by atoms with Gasteiger partial charge in [0.05, 0.1) is 17.6 Å². The zero-order valence-corrected chi connectivity index (χ0v) is 15.1. The minimum Gasteiger partial charge on any atom is -0.444 e. The molecule has 0 unspecified atom stereocenters. The van der Waals surface area contributed by atoms with Crippen LogP contribution in [-0.4, -0.2) is 15.0 Å². The highest BCUT2D eigenvalue weighted by molar-refractivity contribution is 7.21.